The van der Waals surface area contributed by atoms with Crippen LogP contribution in [0.4, 0.5) is 0 Å². The van der Waals surface area contributed by atoms with Crippen molar-refractivity contribution in [3.63, 3.8) is 0 Å². The maximum absolute atomic E-state index is 12.4. The minimum atomic E-state index is -0.815. The number of carbonyl (C=O) groups is 2. The second kappa shape index (κ2) is 6.02. The SMILES string of the molecule is Cc1ccc(C=CC(=O)N2CCNC(=O)C2(C)C)c(Br)c1. The van der Waals surface area contributed by atoms with Crippen LogP contribution in [0.3, 0.4) is 0 Å². The number of aryl methyl sites for hydroxylation is 1. The fourth-order valence-corrected chi connectivity index (χ4v) is 2.93. The molecule has 1 aromatic rings. The number of carbonyl (C=O) groups excluding carboxylic acids is 2. The van der Waals surface area contributed by atoms with Crippen LogP contribution in [0.2, 0.25) is 0 Å². The van der Waals surface area contributed by atoms with Crippen LogP contribution >= 0.6 is 15.9 Å². The lowest BCUT2D eigenvalue weighted by atomic mass is 9.98. The molecule has 1 fully saturated rings. The van der Waals surface area contributed by atoms with Gasteiger partial charge >= 0.3 is 0 Å². The first-order valence-electron chi connectivity index (χ1n) is 6.86. The Labute approximate surface area is 133 Å². The highest BCUT2D eigenvalue weighted by atomic mass is 79.9. The number of benzene rings is 1. The van der Waals surface area contributed by atoms with Crippen LogP contribution in [-0.2, 0) is 9.59 Å². The molecule has 1 heterocycles. The number of halogens is 1. The van der Waals surface area contributed by atoms with E-state index in [1.807, 2.05) is 25.1 Å². The Bertz CT molecular complexity index is 608. The smallest absolute Gasteiger partial charge is 0.247 e. The summed E-state index contributed by atoms with van der Waals surface area (Å²) in [5.41, 5.74) is 1.27. The van der Waals surface area contributed by atoms with Crippen LogP contribution in [0.1, 0.15) is 25.0 Å². The Morgan fingerprint density at radius 1 is 1.43 bits per heavy atom. The van der Waals surface area contributed by atoms with Crippen LogP contribution in [0, 0.1) is 6.92 Å². The number of piperazine rings is 1. The van der Waals surface area contributed by atoms with Crippen molar-refractivity contribution in [3.8, 4) is 0 Å². The molecule has 0 spiro atoms. The topological polar surface area (TPSA) is 49.4 Å². The molecule has 2 amide bonds. The first-order chi connectivity index (χ1) is 9.82. The molecule has 0 aromatic heterocycles. The molecule has 112 valence electrons. The maximum atomic E-state index is 12.4. The van der Waals surface area contributed by atoms with Crippen LogP contribution in [-0.4, -0.2) is 35.3 Å². The van der Waals surface area contributed by atoms with Crippen molar-refractivity contribution < 1.29 is 9.59 Å². The fraction of sp³-hybridized carbons (Fsp3) is 0.375. The summed E-state index contributed by atoms with van der Waals surface area (Å²) in [5.74, 6) is -0.269. The molecule has 0 aliphatic carbocycles. The Morgan fingerprint density at radius 2 is 2.14 bits per heavy atom. The van der Waals surface area contributed by atoms with Crippen LogP contribution < -0.4 is 5.32 Å². The Balaban J connectivity index is 2.17. The first kappa shape index (κ1) is 15.8. The highest BCUT2D eigenvalue weighted by Gasteiger charge is 2.39. The lowest BCUT2D eigenvalue weighted by molar-refractivity contribution is -0.146. The molecule has 2 rings (SSSR count). The third-order valence-corrected chi connectivity index (χ3v) is 4.37. The van der Waals surface area contributed by atoms with E-state index in [4.69, 9.17) is 0 Å². The maximum Gasteiger partial charge on any atom is 0.247 e. The van der Waals surface area contributed by atoms with E-state index in [2.05, 4.69) is 21.2 Å². The van der Waals surface area contributed by atoms with Crippen molar-refractivity contribution in [2.45, 2.75) is 26.3 Å². The van der Waals surface area contributed by atoms with Gasteiger partial charge in [0.2, 0.25) is 11.8 Å². The van der Waals surface area contributed by atoms with Gasteiger partial charge in [0.15, 0.2) is 0 Å². The molecular weight excluding hydrogens is 332 g/mol. The molecule has 1 aliphatic heterocycles. The highest BCUT2D eigenvalue weighted by molar-refractivity contribution is 9.10. The number of hydrogen-bond acceptors (Lipinski definition) is 2. The first-order valence-corrected chi connectivity index (χ1v) is 7.66. The van der Waals surface area contributed by atoms with Gasteiger partial charge in [-0.3, -0.25) is 9.59 Å². The van der Waals surface area contributed by atoms with Crippen molar-refractivity contribution >= 4 is 33.8 Å². The normalized spacial score (nSPS) is 17.9. The minimum absolute atomic E-state index is 0.119. The van der Waals surface area contributed by atoms with Crippen molar-refractivity contribution in [1.29, 1.82) is 0 Å². The number of nitrogens with one attached hydrogen (secondary N) is 1. The Morgan fingerprint density at radius 3 is 2.81 bits per heavy atom. The van der Waals surface area contributed by atoms with Gasteiger partial charge in [-0.05, 0) is 44.0 Å². The van der Waals surface area contributed by atoms with Gasteiger partial charge < -0.3 is 10.2 Å². The zero-order valence-electron chi connectivity index (χ0n) is 12.4. The molecule has 21 heavy (non-hydrogen) atoms. The van der Waals surface area contributed by atoms with E-state index in [1.54, 1.807) is 24.8 Å². The fourth-order valence-electron chi connectivity index (χ4n) is 2.30. The Hall–Kier alpha value is -1.62. The molecule has 0 bridgehead atoms. The van der Waals surface area contributed by atoms with Gasteiger partial charge in [0.1, 0.15) is 5.54 Å². The average Bonchev–Trinajstić information content (AvgIpc) is 2.40. The van der Waals surface area contributed by atoms with E-state index >= 15 is 0 Å². The molecule has 0 radical (unpaired) electrons. The van der Waals surface area contributed by atoms with Crippen molar-refractivity contribution in [3.05, 3.63) is 39.9 Å². The molecule has 1 N–H and O–H groups in total. The molecule has 5 heteroatoms. The zero-order chi connectivity index (χ0) is 15.6. The van der Waals surface area contributed by atoms with E-state index in [9.17, 15) is 9.59 Å². The molecule has 1 saturated heterocycles. The number of hydrogen-bond donors (Lipinski definition) is 1. The van der Waals surface area contributed by atoms with E-state index in [0.717, 1.165) is 15.6 Å². The van der Waals surface area contributed by atoms with Crippen molar-refractivity contribution in [2.24, 2.45) is 0 Å². The predicted octanol–water partition coefficient (Wildman–Crippen LogP) is 2.51. The molecule has 0 unspecified atom stereocenters. The van der Waals surface area contributed by atoms with E-state index in [-0.39, 0.29) is 11.8 Å². The average molecular weight is 351 g/mol. The largest absolute Gasteiger partial charge is 0.352 e. The minimum Gasteiger partial charge on any atom is -0.352 e. The second-order valence-electron chi connectivity index (χ2n) is 5.66. The van der Waals surface area contributed by atoms with Crippen molar-refractivity contribution in [1.82, 2.24) is 10.2 Å². The summed E-state index contributed by atoms with van der Waals surface area (Å²) in [4.78, 5) is 25.8. The summed E-state index contributed by atoms with van der Waals surface area (Å²) in [6.45, 7) is 6.55. The summed E-state index contributed by atoms with van der Waals surface area (Å²) >= 11 is 3.48. The summed E-state index contributed by atoms with van der Waals surface area (Å²) in [6.07, 6.45) is 3.30. The van der Waals surface area contributed by atoms with Gasteiger partial charge in [-0.15, -0.1) is 0 Å². The van der Waals surface area contributed by atoms with Crippen LogP contribution in [0.25, 0.3) is 6.08 Å². The van der Waals surface area contributed by atoms with Gasteiger partial charge in [0.05, 0.1) is 0 Å². The summed E-state index contributed by atoms with van der Waals surface area (Å²) < 4.78 is 0.946. The third kappa shape index (κ3) is 3.35. The van der Waals surface area contributed by atoms with Gasteiger partial charge in [-0.2, -0.15) is 0 Å². The highest BCUT2D eigenvalue weighted by Crippen LogP contribution is 2.21. The molecule has 0 saturated carbocycles. The van der Waals surface area contributed by atoms with E-state index in [1.165, 1.54) is 6.08 Å². The summed E-state index contributed by atoms with van der Waals surface area (Å²) in [6, 6.07) is 5.95. The van der Waals surface area contributed by atoms with E-state index < -0.39 is 5.54 Å². The molecule has 1 aliphatic rings. The third-order valence-electron chi connectivity index (χ3n) is 3.68. The molecule has 1 aromatic carbocycles. The van der Waals surface area contributed by atoms with Gasteiger partial charge in [-0.1, -0.05) is 28.1 Å². The number of amides is 2. The summed E-state index contributed by atoms with van der Waals surface area (Å²) in [7, 11) is 0. The van der Waals surface area contributed by atoms with Crippen LogP contribution in [0.5, 0.6) is 0 Å². The van der Waals surface area contributed by atoms with Gasteiger partial charge in [0.25, 0.3) is 0 Å². The molecule has 0 atom stereocenters. The quantitative estimate of drug-likeness (QED) is 0.833. The van der Waals surface area contributed by atoms with Crippen molar-refractivity contribution in [2.75, 3.05) is 13.1 Å². The molecule has 4 nitrogen and oxygen atoms in total. The lowest BCUT2D eigenvalue weighted by Crippen LogP contribution is -2.63. The zero-order valence-corrected chi connectivity index (χ0v) is 14.0. The Kier molecular flexibility index (Phi) is 4.52. The summed E-state index contributed by atoms with van der Waals surface area (Å²) in [5, 5.41) is 2.78. The lowest BCUT2D eigenvalue weighted by Gasteiger charge is -2.40. The predicted molar refractivity (Wildman–Crippen MR) is 86.7 cm³/mol. The van der Waals surface area contributed by atoms with Crippen LogP contribution in [0.15, 0.2) is 28.7 Å². The van der Waals surface area contributed by atoms with Gasteiger partial charge in [0, 0.05) is 23.6 Å². The standard InChI is InChI=1S/C16H19BrN2O2/c1-11-4-5-12(13(17)10-11)6-7-14(20)19-9-8-18-15(21)16(19,2)3/h4-7,10H,8-9H2,1-3H3,(H,18,21). The number of rotatable bonds is 2. The van der Waals surface area contributed by atoms with Gasteiger partial charge in [-0.25, -0.2) is 0 Å². The van der Waals surface area contributed by atoms with E-state index in [0.29, 0.717) is 13.1 Å². The second-order valence-corrected chi connectivity index (χ2v) is 6.52. The number of nitrogens with zero attached hydrogens (tertiary/aromatic N) is 1. The molecular formula is C16H19BrN2O2. The monoisotopic (exact) mass is 350 g/mol.